The van der Waals surface area contributed by atoms with Gasteiger partial charge in [-0.25, -0.2) is 4.68 Å². The fraction of sp³-hybridized carbons (Fsp3) is 0.276. The number of aliphatic hydroxyl groups is 1. The van der Waals surface area contributed by atoms with Gasteiger partial charge in [-0.3, -0.25) is 4.90 Å². The molecule has 1 aromatic heterocycles. The molecular weight excluding hydrogens is 438 g/mol. The molecule has 1 atom stereocenters. The van der Waals surface area contributed by atoms with Gasteiger partial charge in [0.25, 0.3) is 0 Å². The van der Waals surface area contributed by atoms with Crippen molar-refractivity contribution in [1.82, 2.24) is 14.7 Å². The van der Waals surface area contributed by atoms with E-state index in [9.17, 15) is 5.11 Å². The molecule has 35 heavy (non-hydrogen) atoms. The van der Waals surface area contributed by atoms with Crippen LogP contribution in [-0.2, 0) is 6.54 Å². The molecule has 0 amide bonds. The molecule has 6 heteroatoms. The highest BCUT2D eigenvalue weighted by atomic mass is 16.5. The van der Waals surface area contributed by atoms with Gasteiger partial charge in [0.2, 0.25) is 5.88 Å². The summed E-state index contributed by atoms with van der Waals surface area (Å²) in [5.74, 6) is 2.10. The Kier molecular flexibility index (Phi) is 6.84. The molecule has 0 radical (unpaired) electrons. The number of hydrogen-bond donors (Lipinski definition) is 1. The largest absolute Gasteiger partial charge is 0.497 e. The standard InChI is InChI=1S/C29H31N3O3/c1-21-27(19-31(23-16-17-23)20-28(33)22-10-5-3-6-11-22)29(32(30-21)24-12-7-4-8-13-24)35-26-15-9-14-25(18-26)34-2/h3-15,18,23,28,33H,16-17,19-20H2,1-2H3. The van der Waals surface area contributed by atoms with Gasteiger partial charge in [-0.1, -0.05) is 54.6 Å². The molecule has 0 spiro atoms. The number of nitrogens with zero attached hydrogens (tertiary/aromatic N) is 3. The summed E-state index contributed by atoms with van der Waals surface area (Å²) in [6.45, 7) is 3.22. The van der Waals surface area contributed by atoms with Gasteiger partial charge in [0.1, 0.15) is 11.5 Å². The molecule has 1 N–H and O–H groups in total. The number of aromatic nitrogens is 2. The summed E-state index contributed by atoms with van der Waals surface area (Å²) in [5.41, 5.74) is 3.79. The van der Waals surface area contributed by atoms with E-state index in [1.165, 1.54) is 0 Å². The van der Waals surface area contributed by atoms with Gasteiger partial charge >= 0.3 is 0 Å². The van der Waals surface area contributed by atoms with Crippen molar-refractivity contribution in [3.05, 3.63) is 102 Å². The first-order chi connectivity index (χ1) is 17.1. The number of hydrogen-bond acceptors (Lipinski definition) is 5. The summed E-state index contributed by atoms with van der Waals surface area (Å²) in [6.07, 6.45) is 1.72. The van der Waals surface area contributed by atoms with Crippen LogP contribution in [0.5, 0.6) is 17.4 Å². The molecule has 1 fully saturated rings. The van der Waals surface area contributed by atoms with Gasteiger partial charge in [-0.05, 0) is 49.6 Å². The molecule has 1 unspecified atom stereocenters. The summed E-state index contributed by atoms with van der Waals surface area (Å²) in [4.78, 5) is 2.36. The first-order valence-corrected chi connectivity index (χ1v) is 12.1. The Bertz CT molecular complexity index is 1250. The van der Waals surface area contributed by atoms with Crippen LogP contribution in [0.2, 0.25) is 0 Å². The summed E-state index contributed by atoms with van der Waals surface area (Å²) in [6, 6.07) is 27.9. The average Bonchev–Trinajstić information content (AvgIpc) is 3.71. The second kappa shape index (κ2) is 10.3. The molecule has 4 aromatic rings. The maximum absolute atomic E-state index is 11.0. The zero-order valence-electron chi connectivity index (χ0n) is 20.2. The number of benzene rings is 3. The van der Waals surface area contributed by atoms with Crippen molar-refractivity contribution in [2.75, 3.05) is 13.7 Å². The van der Waals surface area contributed by atoms with E-state index in [0.29, 0.717) is 30.8 Å². The maximum atomic E-state index is 11.0. The molecule has 1 aliphatic carbocycles. The van der Waals surface area contributed by atoms with Gasteiger partial charge < -0.3 is 14.6 Å². The minimum atomic E-state index is -0.552. The molecule has 6 nitrogen and oxygen atoms in total. The van der Waals surface area contributed by atoms with E-state index in [1.807, 2.05) is 96.5 Å². The van der Waals surface area contributed by atoms with Crippen LogP contribution in [0.1, 0.15) is 35.8 Å². The predicted molar refractivity (Wildman–Crippen MR) is 136 cm³/mol. The lowest BCUT2D eigenvalue weighted by atomic mass is 10.1. The fourth-order valence-electron chi connectivity index (χ4n) is 4.33. The Labute approximate surface area is 206 Å². The van der Waals surface area contributed by atoms with Crippen LogP contribution >= 0.6 is 0 Å². The van der Waals surface area contributed by atoms with E-state index in [0.717, 1.165) is 41.1 Å². The van der Waals surface area contributed by atoms with Gasteiger partial charge in [0.15, 0.2) is 0 Å². The predicted octanol–water partition coefficient (Wildman–Crippen LogP) is 5.68. The SMILES string of the molecule is COc1cccc(Oc2c(CN(CC(O)c3ccccc3)C3CC3)c(C)nn2-c2ccccc2)c1. The Hall–Kier alpha value is -3.61. The second-order valence-corrected chi connectivity index (χ2v) is 8.98. The average molecular weight is 470 g/mol. The highest BCUT2D eigenvalue weighted by molar-refractivity contribution is 5.44. The van der Waals surface area contributed by atoms with Crippen LogP contribution < -0.4 is 9.47 Å². The van der Waals surface area contributed by atoms with Crippen molar-refractivity contribution < 1.29 is 14.6 Å². The quantitative estimate of drug-likeness (QED) is 0.324. The molecule has 180 valence electrons. The lowest BCUT2D eigenvalue weighted by Gasteiger charge is -2.25. The van der Waals surface area contributed by atoms with Crippen LogP contribution in [0, 0.1) is 6.92 Å². The van der Waals surface area contributed by atoms with Crippen molar-refractivity contribution in [3.8, 4) is 23.1 Å². The Morgan fingerprint density at radius 1 is 0.971 bits per heavy atom. The van der Waals surface area contributed by atoms with Crippen molar-refractivity contribution in [3.63, 3.8) is 0 Å². The van der Waals surface area contributed by atoms with E-state index in [1.54, 1.807) is 7.11 Å². The van der Waals surface area contributed by atoms with Crippen molar-refractivity contribution in [2.45, 2.75) is 38.5 Å². The minimum absolute atomic E-state index is 0.456. The molecule has 1 aliphatic rings. The number of ether oxygens (including phenoxy) is 2. The minimum Gasteiger partial charge on any atom is -0.497 e. The van der Waals surface area contributed by atoms with E-state index in [4.69, 9.17) is 14.6 Å². The zero-order valence-corrected chi connectivity index (χ0v) is 20.2. The van der Waals surface area contributed by atoms with Crippen molar-refractivity contribution in [1.29, 1.82) is 0 Å². The van der Waals surface area contributed by atoms with Crippen molar-refractivity contribution >= 4 is 0 Å². The molecule has 1 saturated carbocycles. The van der Waals surface area contributed by atoms with Gasteiger partial charge in [-0.15, -0.1) is 0 Å². The van der Waals surface area contributed by atoms with E-state index < -0.39 is 6.10 Å². The van der Waals surface area contributed by atoms with Crippen LogP contribution in [0.4, 0.5) is 0 Å². The number of methoxy groups -OCH3 is 1. The second-order valence-electron chi connectivity index (χ2n) is 8.98. The van der Waals surface area contributed by atoms with Crippen molar-refractivity contribution in [2.24, 2.45) is 0 Å². The highest BCUT2D eigenvalue weighted by Gasteiger charge is 2.33. The number of aryl methyl sites for hydroxylation is 1. The fourth-order valence-corrected chi connectivity index (χ4v) is 4.33. The maximum Gasteiger partial charge on any atom is 0.227 e. The van der Waals surface area contributed by atoms with Gasteiger partial charge in [0, 0.05) is 25.2 Å². The smallest absolute Gasteiger partial charge is 0.227 e. The summed E-state index contributed by atoms with van der Waals surface area (Å²) >= 11 is 0. The lowest BCUT2D eigenvalue weighted by Crippen LogP contribution is -2.30. The number of rotatable bonds is 10. The summed E-state index contributed by atoms with van der Waals surface area (Å²) < 4.78 is 13.7. The molecule has 0 bridgehead atoms. The summed E-state index contributed by atoms with van der Waals surface area (Å²) in [5, 5.41) is 15.8. The summed E-state index contributed by atoms with van der Waals surface area (Å²) in [7, 11) is 1.65. The van der Waals surface area contributed by atoms with Gasteiger partial charge in [-0.2, -0.15) is 5.10 Å². The third-order valence-corrected chi connectivity index (χ3v) is 6.41. The Morgan fingerprint density at radius 2 is 1.66 bits per heavy atom. The lowest BCUT2D eigenvalue weighted by molar-refractivity contribution is 0.104. The third kappa shape index (κ3) is 5.39. The highest BCUT2D eigenvalue weighted by Crippen LogP contribution is 2.36. The molecular formula is C29H31N3O3. The van der Waals surface area contributed by atoms with Crippen LogP contribution in [0.15, 0.2) is 84.9 Å². The first-order valence-electron chi connectivity index (χ1n) is 12.1. The number of para-hydroxylation sites is 1. The number of aliphatic hydroxyl groups excluding tert-OH is 1. The zero-order chi connectivity index (χ0) is 24.2. The molecule has 3 aromatic carbocycles. The molecule has 0 aliphatic heterocycles. The van der Waals surface area contributed by atoms with Crippen LogP contribution in [-0.4, -0.2) is 39.5 Å². The molecule has 5 rings (SSSR count). The van der Waals surface area contributed by atoms with E-state index in [-0.39, 0.29) is 0 Å². The monoisotopic (exact) mass is 469 g/mol. The third-order valence-electron chi connectivity index (χ3n) is 6.41. The Morgan fingerprint density at radius 3 is 2.34 bits per heavy atom. The van der Waals surface area contributed by atoms with Crippen LogP contribution in [0.25, 0.3) is 5.69 Å². The normalized spacial score (nSPS) is 14.2. The molecule has 1 heterocycles. The Balaban J connectivity index is 1.49. The topological polar surface area (TPSA) is 59.8 Å². The van der Waals surface area contributed by atoms with E-state index in [2.05, 4.69) is 4.90 Å². The van der Waals surface area contributed by atoms with Crippen LogP contribution in [0.3, 0.4) is 0 Å². The van der Waals surface area contributed by atoms with E-state index >= 15 is 0 Å². The molecule has 0 saturated heterocycles. The first kappa shape index (κ1) is 23.1. The van der Waals surface area contributed by atoms with Gasteiger partial charge in [0.05, 0.1) is 30.2 Å².